The maximum Gasteiger partial charge on any atom is 0.252 e. The van der Waals surface area contributed by atoms with E-state index in [1.807, 2.05) is 6.20 Å². The van der Waals surface area contributed by atoms with E-state index in [9.17, 15) is 4.79 Å². The predicted octanol–water partition coefficient (Wildman–Crippen LogP) is 3.57. The smallest absolute Gasteiger partial charge is 0.252 e. The molecule has 0 unspecified atom stereocenters. The zero-order valence-corrected chi connectivity index (χ0v) is 21.3. The molecule has 1 fully saturated rings. The molecule has 0 spiro atoms. The minimum absolute atomic E-state index is 0.0719. The Balaban J connectivity index is 1.73. The number of fused-ring (bicyclic) bond motifs is 1. The summed E-state index contributed by atoms with van der Waals surface area (Å²) in [5.74, 6) is 0.987. The van der Waals surface area contributed by atoms with Crippen molar-refractivity contribution in [3.63, 3.8) is 0 Å². The number of anilines is 1. The van der Waals surface area contributed by atoms with Crippen LogP contribution >= 0.6 is 11.6 Å². The van der Waals surface area contributed by atoms with Crippen LogP contribution in [-0.2, 0) is 20.1 Å². The second-order valence-corrected chi connectivity index (χ2v) is 9.39. The van der Waals surface area contributed by atoms with Crippen LogP contribution in [0, 0.1) is 11.3 Å². The van der Waals surface area contributed by atoms with Gasteiger partial charge >= 0.3 is 0 Å². The van der Waals surface area contributed by atoms with E-state index < -0.39 is 0 Å². The Hall–Kier alpha value is -2.83. The lowest BCUT2D eigenvalue weighted by molar-refractivity contribution is 0.0951. The molecule has 3 aromatic rings. The summed E-state index contributed by atoms with van der Waals surface area (Å²) < 4.78 is 5.34. The number of nitriles is 1. The number of hydrogen-bond acceptors (Lipinski definition) is 6. The van der Waals surface area contributed by atoms with Gasteiger partial charge in [-0.25, -0.2) is 4.98 Å². The second-order valence-electron chi connectivity index (χ2n) is 9.00. The minimum atomic E-state index is -0.0719. The first-order chi connectivity index (χ1) is 16.3. The monoisotopic (exact) mass is 484 g/mol. The molecule has 1 aliphatic heterocycles. The molecule has 3 atom stereocenters. The van der Waals surface area contributed by atoms with Crippen LogP contribution in [0.2, 0.25) is 5.15 Å². The van der Waals surface area contributed by atoms with Gasteiger partial charge in [-0.15, -0.1) is 0 Å². The number of aromatic nitrogens is 5. The van der Waals surface area contributed by atoms with Crippen molar-refractivity contribution in [1.82, 2.24) is 28.8 Å². The quantitative estimate of drug-likeness (QED) is 0.509. The van der Waals surface area contributed by atoms with E-state index in [1.165, 1.54) is 0 Å². The first-order valence-electron chi connectivity index (χ1n) is 12.0. The van der Waals surface area contributed by atoms with Crippen molar-refractivity contribution >= 4 is 28.3 Å². The van der Waals surface area contributed by atoms with Gasteiger partial charge in [0.1, 0.15) is 23.0 Å². The van der Waals surface area contributed by atoms with Gasteiger partial charge in [-0.1, -0.05) is 25.4 Å². The van der Waals surface area contributed by atoms with Crippen molar-refractivity contribution in [1.29, 1.82) is 5.26 Å². The highest BCUT2D eigenvalue weighted by atomic mass is 35.5. The molecule has 10 heteroatoms. The minimum Gasteiger partial charge on any atom is -0.364 e. The fourth-order valence-electron chi connectivity index (χ4n) is 5.20. The zero-order valence-electron chi connectivity index (χ0n) is 20.6. The number of aryl methyl sites for hydroxylation is 2. The van der Waals surface area contributed by atoms with E-state index in [2.05, 4.69) is 58.2 Å². The summed E-state index contributed by atoms with van der Waals surface area (Å²) in [5.41, 5.74) is 2.29. The van der Waals surface area contributed by atoms with Gasteiger partial charge in [-0.2, -0.15) is 10.4 Å². The van der Waals surface area contributed by atoms with E-state index in [0.717, 1.165) is 55.0 Å². The van der Waals surface area contributed by atoms with Gasteiger partial charge < -0.3 is 14.0 Å². The average molecular weight is 485 g/mol. The van der Waals surface area contributed by atoms with E-state index in [0.29, 0.717) is 5.15 Å². The summed E-state index contributed by atoms with van der Waals surface area (Å²) in [6.07, 6.45) is 5.58. The lowest BCUT2D eigenvalue weighted by Crippen LogP contribution is -2.59. The van der Waals surface area contributed by atoms with Crippen LogP contribution in [-0.4, -0.2) is 54.0 Å². The highest BCUT2D eigenvalue weighted by Crippen LogP contribution is 2.34. The molecule has 0 aromatic carbocycles. The normalized spacial score (nSPS) is 20.1. The van der Waals surface area contributed by atoms with E-state index in [-0.39, 0.29) is 30.2 Å². The summed E-state index contributed by atoms with van der Waals surface area (Å²) in [7, 11) is 1.75. The Morgan fingerprint density at radius 2 is 1.94 bits per heavy atom. The summed E-state index contributed by atoms with van der Waals surface area (Å²) in [6.45, 7) is 11.3. The summed E-state index contributed by atoms with van der Waals surface area (Å²) in [4.78, 5) is 22.3. The van der Waals surface area contributed by atoms with Gasteiger partial charge in [0.2, 0.25) is 0 Å². The largest absolute Gasteiger partial charge is 0.364 e. The van der Waals surface area contributed by atoms with Gasteiger partial charge in [0.25, 0.3) is 5.56 Å². The molecule has 4 heterocycles. The fraction of sp³-hybridized carbons (Fsp3) is 0.583. The van der Waals surface area contributed by atoms with E-state index in [4.69, 9.17) is 16.9 Å². The molecule has 0 amide bonds. The molecule has 0 radical (unpaired) electrons. The third kappa shape index (κ3) is 4.21. The maximum absolute atomic E-state index is 12.8. The third-order valence-corrected chi connectivity index (χ3v) is 7.33. The predicted molar refractivity (Wildman–Crippen MR) is 134 cm³/mol. The number of rotatable bonds is 7. The molecule has 3 aromatic heterocycles. The molecule has 9 nitrogen and oxygen atoms in total. The van der Waals surface area contributed by atoms with Crippen LogP contribution in [0.3, 0.4) is 0 Å². The molecule has 0 saturated carbocycles. The Morgan fingerprint density at radius 3 is 2.59 bits per heavy atom. The number of nitrogens with zero attached hydrogens (tertiary/aromatic N) is 8. The van der Waals surface area contributed by atoms with Crippen LogP contribution in [0.15, 0.2) is 23.3 Å². The first-order valence-corrected chi connectivity index (χ1v) is 12.4. The molecule has 4 rings (SSSR count). The van der Waals surface area contributed by atoms with Gasteiger partial charge in [-0.3, -0.25) is 14.4 Å². The van der Waals surface area contributed by atoms with Crippen LogP contribution in [0.25, 0.3) is 11.0 Å². The Kier molecular flexibility index (Phi) is 7.01. The van der Waals surface area contributed by atoms with Gasteiger partial charge in [-0.05, 0) is 26.7 Å². The molecule has 182 valence electrons. The molecule has 0 N–H and O–H groups in total. The average Bonchev–Trinajstić information content (AvgIpc) is 3.43. The topological polar surface area (TPSA) is 87.9 Å². The number of halogens is 1. The summed E-state index contributed by atoms with van der Waals surface area (Å²) in [6, 6.07) is 4.44. The summed E-state index contributed by atoms with van der Waals surface area (Å²) in [5, 5.41) is 14.3. The Bertz CT molecular complexity index is 1270. The third-order valence-electron chi connectivity index (χ3n) is 7.15. The fourth-order valence-corrected chi connectivity index (χ4v) is 5.40. The molecule has 1 saturated heterocycles. The van der Waals surface area contributed by atoms with E-state index in [1.54, 1.807) is 28.6 Å². The van der Waals surface area contributed by atoms with Crippen molar-refractivity contribution in [2.24, 2.45) is 7.05 Å². The molecular formula is C24H33ClN8O. The van der Waals surface area contributed by atoms with Crippen molar-refractivity contribution in [2.75, 3.05) is 18.0 Å². The highest BCUT2D eigenvalue weighted by Gasteiger charge is 2.37. The van der Waals surface area contributed by atoms with Crippen LogP contribution in [0.4, 0.5) is 5.69 Å². The van der Waals surface area contributed by atoms with E-state index >= 15 is 0 Å². The molecule has 0 aliphatic carbocycles. The number of imidazole rings is 1. The SMILES string of the molecule is CC[C@H]1CN([C@H](C)c2nc(Cl)cn2CC)[C@H](CC)CN1c1cc(=O)n(C)c2cn(CC#N)nc12. The molecular weight excluding hydrogens is 452 g/mol. The zero-order chi connectivity index (χ0) is 24.6. The second kappa shape index (κ2) is 9.80. The summed E-state index contributed by atoms with van der Waals surface area (Å²) >= 11 is 6.24. The van der Waals surface area contributed by atoms with Crippen molar-refractivity contribution in [3.8, 4) is 6.07 Å². The van der Waals surface area contributed by atoms with Gasteiger partial charge in [0.15, 0.2) is 0 Å². The molecule has 1 aliphatic rings. The highest BCUT2D eigenvalue weighted by molar-refractivity contribution is 6.29. The molecule has 0 bridgehead atoms. The first kappa shape index (κ1) is 24.3. The van der Waals surface area contributed by atoms with Crippen LogP contribution < -0.4 is 10.5 Å². The maximum atomic E-state index is 12.8. The number of pyridine rings is 1. The van der Waals surface area contributed by atoms with Gasteiger partial charge in [0.05, 0.1) is 29.5 Å². The van der Waals surface area contributed by atoms with Crippen molar-refractivity contribution in [2.45, 2.75) is 71.8 Å². The standard InChI is InChI=1S/C24H33ClN8O/c1-6-17-13-33(19-11-22(34)29(5)20-14-31(10-9-26)28-23(19)20)18(7-2)12-32(17)16(4)24-27-21(25)15-30(24)8-3/h11,14-18H,6-8,10,12-13H2,1-5H3/t16-,17-,18+/m1/s1. The Labute approximate surface area is 205 Å². The van der Waals surface area contributed by atoms with Crippen LogP contribution in [0.1, 0.15) is 52.4 Å². The Morgan fingerprint density at radius 1 is 1.21 bits per heavy atom. The van der Waals surface area contributed by atoms with Crippen molar-refractivity contribution in [3.05, 3.63) is 39.8 Å². The number of hydrogen-bond donors (Lipinski definition) is 0. The number of piperazine rings is 1. The lowest BCUT2D eigenvalue weighted by atomic mass is 9.99. The molecule has 34 heavy (non-hydrogen) atoms. The van der Waals surface area contributed by atoms with Crippen molar-refractivity contribution < 1.29 is 0 Å². The van der Waals surface area contributed by atoms with Crippen LogP contribution in [0.5, 0.6) is 0 Å². The van der Waals surface area contributed by atoms with Gasteiger partial charge in [0, 0.05) is 51.0 Å². The lowest BCUT2D eigenvalue weighted by Gasteiger charge is -2.49.